The van der Waals surface area contributed by atoms with Gasteiger partial charge < -0.3 is 0 Å². The third-order valence-electron chi connectivity index (χ3n) is 2.41. The van der Waals surface area contributed by atoms with Gasteiger partial charge in [0.05, 0.1) is 0 Å². The van der Waals surface area contributed by atoms with Gasteiger partial charge in [0.2, 0.25) is 0 Å². The van der Waals surface area contributed by atoms with Gasteiger partial charge in [-0.05, 0) is 11.0 Å². The molecule has 1 atom stereocenters. The first-order valence-corrected chi connectivity index (χ1v) is 4.44. The predicted octanol–water partition coefficient (Wildman–Crippen LogP) is 3.65. The first kappa shape index (κ1) is 9.50. The van der Waals surface area contributed by atoms with Gasteiger partial charge in [0.15, 0.2) is 0 Å². The van der Waals surface area contributed by atoms with E-state index in [1.807, 2.05) is 0 Å². The van der Waals surface area contributed by atoms with Gasteiger partial charge in [-0.3, -0.25) is 0 Å². The average molecular weight is 168 g/mol. The molecule has 0 saturated heterocycles. The molecule has 0 radical (unpaired) electrons. The lowest BCUT2D eigenvalue weighted by atomic mass is 9.84. The van der Waals surface area contributed by atoms with E-state index in [1.54, 1.807) is 6.08 Å². The second-order valence-electron chi connectivity index (χ2n) is 4.46. The Hall–Kier alpha value is -0.590. The summed E-state index contributed by atoms with van der Waals surface area (Å²) < 4.78 is 13.1. The lowest BCUT2D eigenvalue weighted by molar-refractivity contribution is 0.335. The van der Waals surface area contributed by atoms with Crippen LogP contribution in [0, 0.1) is 5.41 Å². The van der Waals surface area contributed by atoms with E-state index in [4.69, 9.17) is 0 Å². The van der Waals surface area contributed by atoms with Crippen LogP contribution in [0.25, 0.3) is 0 Å². The minimum Gasteiger partial charge on any atom is -0.247 e. The van der Waals surface area contributed by atoms with Crippen LogP contribution >= 0.6 is 0 Å². The summed E-state index contributed by atoms with van der Waals surface area (Å²) in [4.78, 5) is 0. The summed E-state index contributed by atoms with van der Waals surface area (Å²) in [5.41, 5.74) is 2.46. The molecular weight excluding hydrogens is 151 g/mol. The normalized spacial score (nSPS) is 24.8. The van der Waals surface area contributed by atoms with E-state index in [0.29, 0.717) is 12.8 Å². The molecule has 0 aromatic heterocycles. The van der Waals surface area contributed by atoms with Crippen LogP contribution in [0.15, 0.2) is 23.8 Å². The first-order valence-electron chi connectivity index (χ1n) is 4.44. The second kappa shape index (κ2) is 3.04. The molecule has 0 aromatic rings. The summed E-state index contributed by atoms with van der Waals surface area (Å²) in [6.07, 6.45) is 2.30. The molecule has 1 unspecified atom stereocenters. The van der Waals surface area contributed by atoms with Crippen molar-refractivity contribution in [3.63, 3.8) is 0 Å². The van der Waals surface area contributed by atoms with Crippen LogP contribution in [0.3, 0.4) is 0 Å². The largest absolute Gasteiger partial charge is 0.247 e. The molecular formula is C11H17F. The van der Waals surface area contributed by atoms with Crippen molar-refractivity contribution in [2.24, 2.45) is 5.41 Å². The van der Waals surface area contributed by atoms with Crippen LogP contribution in [0.2, 0.25) is 0 Å². The summed E-state index contributed by atoms with van der Waals surface area (Å²) in [7, 11) is 0. The molecule has 1 aliphatic rings. The van der Waals surface area contributed by atoms with Crippen LogP contribution < -0.4 is 0 Å². The minimum atomic E-state index is -0.674. The van der Waals surface area contributed by atoms with Crippen molar-refractivity contribution in [2.45, 2.75) is 39.8 Å². The van der Waals surface area contributed by atoms with Gasteiger partial charge in [0.1, 0.15) is 6.17 Å². The van der Waals surface area contributed by atoms with E-state index in [-0.39, 0.29) is 5.41 Å². The Morgan fingerprint density at radius 1 is 1.42 bits per heavy atom. The predicted molar refractivity (Wildman–Crippen MR) is 50.8 cm³/mol. The van der Waals surface area contributed by atoms with E-state index in [2.05, 4.69) is 27.4 Å². The fourth-order valence-electron chi connectivity index (χ4n) is 1.78. The fourth-order valence-corrected chi connectivity index (χ4v) is 1.78. The zero-order valence-electron chi connectivity index (χ0n) is 8.15. The number of rotatable bonds is 1. The SMILES string of the molecule is C=CC1=C(C(C)(C)C)CC(F)C1. The van der Waals surface area contributed by atoms with Crippen molar-refractivity contribution in [2.75, 3.05) is 0 Å². The van der Waals surface area contributed by atoms with Gasteiger partial charge in [0.25, 0.3) is 0 Å². The number of halogens is 1. The first-order chi connectivity index (χ1) is 5.45. The van der Waals surface area contributed by atoms with Crippen molar-refractivity contribution in [1.29, 1.82) is 0 Å². The molecule has 0 fully saturated rings. The van der Waals surface area contributed by atoms with Gasteiger partial charge >= 0.3 is 0 Å². The number of hydrogen-bond acceptors (Lipinski definition) is 0. The lowest BCUT2D eigenvalue weighted by Crippen LogP contribution is -2.09. The maximum absolute atomic E-state index is 13.1. The molecule has 0 saturated carbocycles. The van der Waals surface area contributed by atoms with Crippen LogP contribution in [0.4, 0.5) is 4.39 Å². The molecule has 0 aliphatic heterocycles. The van der Waals surface area contributed by atoms with Crippen molar-refractivity contribution in [3.05, 3.63) is 23.8 Å². The Morgan fingerprint density at radius 3 is 2.33 bits per heavy atom. The highest BCUT2D eigenvalue weighted by Gasteiger charge is 2.29. The number of hydrogen-bond donors (Lipinski definition) is 0. The standard InChI is InChI=1S/C11H17F/c1-5-8-6-9(12)7-10(8)11(2,3)4/h5,9H,1,6-7H2,2-4H3. The van der Waals surface area contributed by atoms with Gasteiger partial charge in [0, 0.05) is 12.8 Å². The maximum atomic E-state index is 13.1. The molecule has 0 spiro atoms. The zero-order chi connectivity index (χ0) is 9.35. The molecule has 0 aromatic carbocycles. The summed E-state index contributed by atoms with van der Waals surface area (Å²) in [6, 6.07) is 0. The van der Waals surface area contributed by atoms with Crippen LogP contribution in [-0.2, 0) is 0 Å². The fraction of sp³-hybridized carbons (Fsp3) is 0.636. The summed E-state index contributed by atoms with van der Waals surface area (Å²) in [5.74, 6) is 0. The Bertz CT molecular complexity index is 218. The van der Waals surface area contributed by atoms with Gasteiger partial charge in [-0.1, -0.05) is 39.0 Å². The van der Waals surface area contributed by atoms with Crippen LogP contribution in [0.1, 0.15) is 33.6 Å². The minimum absolute atomic E-state index is 0.102. The summed E-state index contributed by atoms with van der Waals surface area (Å²) >= 11 is 0. The molecule has 0 heterocycles. The Morgan fingerprint density at radius 2 is 2.00 bits per heavy atom. The molecule has 12 heavy (non-hydrogen) atoms. The van der Waals surface area contributed by atoms with Crippen molar-refractivity contribution in [1.82, 2.24) is 0 Å². The number of allylic oxidation sites excluding steroid dienone is 3. The molecule has 1 rings (SSSR count). The van der Waals surface area contributed by atoms with E-state index < -0.39 is 6.17 Å². The molecule has 1 heteroatoms. The molecule has 68 valence electrons. The van der Waals surface area contributed by atoms with Crippen LogP contribution in [-0.4, -0.2) is 6.17 Å². The van der Waals surface area contributed by atoms with E-state index in [9.17, 15) is 4.39 Å². The van der Waals surface area contributed by atoms with Gasteiger partial charge in [-0.2, -0.15) is 0 Å². The van der Waals surface area contributed by atoms with Gasteiger partial charge in [-0.25, -0.2) is 4.39 Å². The third-order valence-corrected chi connectivity index (χ3v) is 2.41. The topological polar surface area (TPSA) is 0 Å². The Balaban J connectivity index is 2.93. The lowest BCUT2D eigenvalue weighted by Gasteiger charge is -2.21. The van der Waals surface area contributed by atoms with Crippen LogP contribution in [0.5, 0.6) is 0 Å². The third kappa shape index (κ3) is 1.77. The molecule has 0 amide bonds. The molecule has 1 aliphatic carbocycles. The van der Waals surface area contributed by atoms with E-state index in [1.165, 1.54) is 5.57 Å². The molecule has 0 N–H and O–H groups in total. The van der Waals surface area contributed by atoms with Crippen molar-refractivity contribution in [3.8, 4) is 0 Å². The second-order valence-corrected chi connectivity index (χ2v) is 4.46. The zero-order valence-corrected chi connectivity index (χ0v) is 8.15. The van der Waals surface area contributed by atoms with E-state index in [0.717, 1.165) is 5.57 Å². The summed E-state index contributed by atoms with van der Waals surface area (Å²) in [5, 5.41) is 0. The van der Waals surface area contributed by atoms with Gasteiger partial charge in [-0.15, -0.1) is 0 Å². The summed E-state index contributed by atoms with van der Waals surface area (Å²) in [6.45, 7) is 10.1. The van der Waals surface area contributed by atoms with Crippen molar-refractivity contribution >= 4 is 0 Å². The molecule has 0 bridgehead atoms. The highest BCUT2D eigenvalue weighted by molar-refractivity contribution is 5.33. The highest BCUT2D eigenvalue weighted by atomic mass is 19.1. The monoisotopic (exact) mass is 168 g/mol. The Labute approximate surface area is 74.2 Å². The van der Waals surface area contributed by atoms with Crippen molar-refractivity contribution < 1.29 is 4.39 Å². The average Bonchev–Trinajstić information content (AvgIpc) is 2.29. The molecule has 0 nitrogen and oxygen atoms in total. The number of alkyl halides is 1. The highest BCUT2D eigenvalue weighted by Crippen LogP contribution is 2.40. The maximum Gasteiger partial charge on any atom is 0.108 e. The van der Waals surface area contributed by atoms with E-state index >= 15 is 0 Å². The smallest absolute Gasteiger partial charge is 0.108 e. The quantitative estimate of drug-likeness (QED) is 0.560. The Kier molecular flexibility index (Phi) is 2.41.